The van der Waals surface area contributed by atoms with E-state index in [1.165, 1.54) is 0 Å². The number of piperidine rings is 1. The van der Waals surface area contributed by atoms with Crippen molar-refractivity contribution in [2.45, 2.75) is 45.2 Å². The molecule has 0 bridgehead atoms. The number of carbonyl (C=O) groups excluding carboxylic acids is 3. The molecule has 9 heteroatoms. The predicted octanol–water partition coefficient (Wildman–Crippen LogP) is 2.21. The number of hydrogen-bond donors (Lipinski definition) is 2. The Hall–Kier alpha value is -2.87. The molecule has 3 heterocycles. The maximum atomic E-state index is 12.9. The first-order valence-electron chi connectivity index (χ1n) is 10.4. The van der Waals surface area contributed by atoms with Gasteiger partial charge in [-0.15, -0.1) is 0 Å². The molecule has 2 aliphatic heterocycles. The van der Waals surface area contributed by atoms with E-state index in [1.807, 2.05) is 43.0 Å². The van der Waals surface area contributed by atoms with Gasteiger partial charge < -0.3 is 10.2 Å². The molecule has 0 saturated carbocycles. The van der Waals surface area contributed by atoms with Crippen molar-refractivity contribution in [3.63, 3.8) is 0 Å². The molecule has 2 saturated heterocycles. The number of halogens is 1. The van der Waals surface area contributed by atoms with Gasteiger partial charge in [0.15, 0.2) is 0 Å². The first-order chi connectivity index (χ1) is 14.8. The van der Waals surface area contributed by atoms with E-state index in [0.29, 0.717) is 37.4 Å². The van der Waals surface area contributed by atoms with Crippen LogP contribution in [0.15, 0.2) is 30.3 Å². The summed E-state index contributed by atoms with van der Waals surface area (Å²) in [5, 5.41) is 10.2. The van der Waals surface area contributed by atoms with Crippen LogP contribution in [0.4, 0.5) is 4.79 Å². The minimum absolute atomic E-state index is 0.00436. The lowest BCUT2D eigenvalue weighted by Crippen LogP contribution is -2.58. The van der Waals surface area contributed by atoms with Crippen LogP contribution in [-0.2, 0) is 22.6 Å². The summed E-state index contributed by atoms with van der Waals surface area (Å²) < 4.78 is 1.72. The number of aromatic nitrogens is 2. The number of rotatable bonds is 5. The number of amides is 4. The Kier molecular flexibility index (Phi) is 5.75. The molecule has 8 nitrogen and oxygen atoms in total. The number of benzene rings is 1. The zero-order valence-corrected chi connectivity index (χ0v) is 18.4. The van der Waals surface area contributed by atoms with Crippen molar-refractivity contribution < 1.29 is 14.4 Å². The van der Waals surface area contributed by atoms with E-state index in [2.05, 4.69) is 15.7 Å². The number of aryl methyl sites for hydroxylation is 2. The largest absolute Gasteiger partial charge is 0.341 e. The van der Waals surface area contributed by atoms with Gasteiger partial charge in [0.25, 0.3) is 5.91 Å². The summed E-state index contributed by atoms with van der Waals surface area (Å²) in [6, 6.07) is 8.80. The number of nitrogens with one attached hydrogen (secondary N) is 2. The van der Waals surface area contributed by atoms with Gasteiger partial charge in [-0.2, -0.15) is 5.10 Å². The molecule has 4 amide bonds. The van der Waals surface area contributed by atoms with Crippen LogP contribution in [0.5, 0.6) is 0 Å². The van der Waals surface area contributed by atoms with Gasteiger partial charge in [0, 0.05) is 30.2 Å². The molecule has 1 aromatic heterocycles. The SMILES string of the molecule is Cc1cc(C)n(CC(=O)N2CCC(C3(Cc4ccccc4Cl)NC(=O)NC3=O)CC2)n1. The molecule has 164 valence electrons. The smallest absolute Gasteiger partial charge is 0.322 e. The zero-order valence-electron chi connectivity index (χ0n) is 17.7. The predicted molar refractivity (Wildman–Crippen MR) is 116 cm³/mol. The summed E-state index contributed by atoms with van der Waals surface area (Å²) in [7, 11) is 0. The fraction of sp³-hybridized carbons (Fsp3) is 0.455. The number of carbonyl (C=O) groups is 3. The van der Waals surface area contributed by atoms with Crippen molar-refractivity contribution in [1.82, 2.24) is 25.3 Å². The number of hydrogen-bond acceptors (Lipinski definition) is 4. The van der Waals surface area contributed by atoms with Crippen LogP contribution >= 0.6 is 11.6 Å². The second kappa shape index (κ2) is 8.34. The molecule has 0 spiro atoms. The maximum absolute atomic E-state index is 12.9. The topological polar surface area (TPSA) is 96.3 Å². The fourth-order valence-electron chi connectivity index (χ4n) is 4.69. The van der Waals surface area contributed by atoms with Gasteiger partial charge >= 0.3 is 6.03 Å². The highest BCUT2D eigenvalue weighted by Gasteiger charge is 2.52. The molecule has 0 radical (unpaired) electrons. The minimum atomic E-state index is -1.06. The molecule has 0 aliphatic carbocycles. The Labute approximate surface area is 185 Å². The average molecular weight is 444 g/mol. The summed E-state index contributed by atoms with van der Waals surface area (Å²) in [6.45, 7) is 5.08. The van der Waals surface area contributed by atoms with E-state index in [0.717, 1.165) is 17.0 Å². The highest BCUT2D eigenvalue weighted by atomic mass is 35.5. The van der Waals surface area contributed by atoms with Crippen LogP contribution < -0.4 is 10.6 Å². The van der Waals surface area contributed by atoms with E-state index in [-0.39, 0.29) is 24.3 Å². The van der Waals surface area contributed by atoms with Gasteiger partial charge in [-0.25, -0.2) is 4.79 Å². The Morgan fingerprint density at radius 3 is 2.52 bits per heavy atom. The Morgan fingerprint density at radius 1 is 1.23 bits per heavy atom. The Balaban J connectivity index is 1.47. The van der Waals surface area contributed by atoms with Gasteiger partial charge in [0.2, 0.25) is 5.91 Å². The third-order valence-electron chi connectivity index (χ3n) is 6.33. The van der Waals surface area contributed by atoms with Crippen molar-refractivity contribution in [3.05, 3.63) is 52.3 Å². The molecule has 1 atom stereocenters. The Bertz CT molecular complexity index is 1030. The number of urea groups is 1. The monoisotopic (exact) mass is 443 g/mol. The second-order valence-electron chi connectivity index (χ2n) is 8.39. The van der Waals surface area contributed by atoms with Gasteiger partial charge in [-0.05, 0) is 50.3 Å². The summed E-state index contributed by atoms with van der Waals surface area (Å²) in [4.78, 5) is 39.5. The molecule has 31 heavy (non-hydrogen) atoms. The van der Waals surface area contributed by atoms with Crippen LogP contribution in [0.25, 0.3) is 0 Å². The second-order valence-corrected chi connectivity index (χ2v) is 8.79. The van der Waals surface area contributed by atoms with Crippen molar-refractivity contribution in [1.29, 1.82) is 0 Å². The Morgan fingerprint density at radius 2 is 1.94 bits per heavy atom. The van der Waals surface area contributed by atoms with E-state index in [1.54, 1.807) is 10.7 Å². The molecule has 2 aliphatic rings. The van der Waals surface area contributed by atoms with E-state index in [9.17, 15) is 14.4 Å². The van der Waals surface area contributed by atoms with E-state index in [4.69, 9.17) is 11.6 Å². The molecular formula is C22H26ClN5O3. The maximum Gasteiger partial charge on any atom is 0.322 e. The van der Waals surface area contributed by atoms with Crippen LogP contribution in [-0.4, -0.2) is 51.2 Å². The van der Waals surface area contributed by atoms with Gasteiger partial charge in [-0.3, -0.25) is 19.6 Å². The van der Waals surface area contributed by atoms with Crippen molar-refractivity contribution >= 4 is 29.4 Å². The first kappa shape index (κ1) is 21.4. The number of likely N-dealkylation sites (tertiary alicyclic amines) is 1. The van der Waals surface area contributed by atoms with Crippen molar-refractivity contribution in [3.8, 4) is 0 Å². The van der Waals surface area contributed by atoms with Crippen LogP contribution in [0.2, 0.25) is 5.02 Å². The van der Waals surface area contributed by atoms with Crippen molar-refractivity contribution in [2.24, 2.45) is 5.92 Å². The number of imide groups is 1. The lowest BCUT2D eigenvalue weighted by molar-refractivity contribution is -0.134. The highest BCUT2D eigenvalue weighted by molar-refractivity contribution is 6.31. The molecule has 2 N–H and O–H groups in total. The minimum Gasteiger partial charge on any atom is -0.341 e. The van der Waals surface area contributed by atoms with E-state index < -0.39 is 11.6 Å². The molecular weight excluding hydrogens is 418 g/mol. The third kappa shape index (κ3) is 4.17. The average Bonchev–Trinajstić information content (AvgIpc) is 3.20. The lowest BCUT2D eigenvalue weighted by atomic mass is 9.74. The molecule has 2 fully saturated rings. The number of nitrogens with zero attached hydrogens (tertiary/aromatic N) is 3. The van der Waals surface area contributed by atoms with Gasteiger partial charge in [0.05, 0.1) is 5.69 Å². The highest BCUT2D eigenvalue weighted by Crippen LogP contribution is 2.35. The molecule has 2 aromatic rings. The normalized spacial score (nSPS) is 21.8. The lowest BCUT2D eigenvalue weighted by Gasteiger charge is -2.41. The summed E-state index contributed by atoms with van der Waals surface area (Å²) in [5.74, 6) is -0.428. The van der Waals surface area contributed by atoms with Crippen molar-refractivity contribution in [2.75, 3.05) is 13.1 Å². The zero-order chi connectivity index (χ0) is 22.2. The summed E-state index contributed by atoms with van der Waals surface area (Å²) in [5.41, 5.74) is 1.58. The van der Waals surface area contributed by atoms with Crippen LogP contribution in [0.3, 0.4) is 0 Å². The third-order valence-corrected chi connectivity index (χ3v) is 6.70. The summed E-state index contributed by atoms with van der Waals surface area (Å²) >= 11 is 6.34. The first-order valence-corrected chi connectivity index (χ1v) is 10.8. The molecule has 1 aromatic carbocycles. The van der Waals surface area contributed by atoms with Gasteiger partial charge in [-0.1, -0.05) is 29.8 Å². The van der Waals surface area contributed by atoms with Crippen LogP contribution in [0, 0.1) is 19.8 Å². The quantitative estimate of drug-likeness (QED) is 0.692. The summed E-state index contributed by atoms with van der Waals surface area (Å²) in [6.07, 6.45) is 1.54. The van der Waals surface area contributed by atoms with Crippen LogP contribution in [0.1, 0.15) is 29.8 Å². The fourth-order valence-corrected chi connectivity index (χ4v) is 4.89. The standard InChI is InChI=1S/C22H26ClN5O3/c1-14-11-15(2)28(26-14)13-19(29)27-9-7-17(8-10-27)22(20(30)24-21(31)25-22)12-16-5-3-4-6-18(16)23/h3-6,11,17H,7-10,12-13H2,1-2H3,(H2,24,25,30,31). The van der Waals surface area contributed by atoms with Gasteiger partial charge in [0.1, 0.15) is 12.1 Å². The molecule has 4 rings (SSSR count). The van der Waals surface area contributed by atoms with E-state index >= 15 is 0 Å². The molecule has 1 unspecified atom stereocenters.